The number of hydrogen-bond acceptors (Lipinski definition) is 9. The van der Waals surface area contributed by atoms with Gasteiger partial charge in [0, 0.05) is 12.5 Å². The van der Waals surface area contributed by atoms with E-state index >= 15 is 0 Å². The van der Waals surface area contributed by atoms with Gasteiger partial charge in [-0.25, -0.2) is 9.59 Å². The minimum Gasteiger partial charge on any atom is -0.475 e. The quantitative estimate of drug-likeness (QED) is 0.121. The van der Waals surface area contributed by atoms with E-state index in [4.69, 9.17) is 0 Å². The smallest absolute Gasteiger partial charge is 0.475 e. The first-order valence-electron chi connectivity index (χ1n) is 9.67. The fraction of sp³-hybridized carbons (Fsp3) is 0.444. The maximum Gasteiger partial charge on any atom is 0.511 e. The summed E-state index contributed by atoms with van der Waals surface area (Å²) in [6, 6.07) is -0.251. The van der Waals surface area contributed by atoms with Crippen LogP contribution in [0.1, 0.15) is 25.0 Å². The lowest BCUT2D eigenvalue weighted by Gasteiger charge is -2.41. The van der Waals surface area contributed by atoms with Crippen LogP contribution in [-0.4, -0.2) is 48.5 Å². The van der Waals surface area contributed by atoms with Gasteiger partial charge in [0.15, 0.2) is 0 Å². The first-order chi connectivity index (χ1) is 16.5. The van der Waals surface area contributed by atoms with Crippen molar-refractivity contribution >= 4 is 28.4 Å². The van der Waals surface area contributed by atoms with Gasteiger partial charge in [-0.05, 0) is 37.6 Å². The van der Waals surface area contributed by atoms with Crippen molar-refractivity contribution in [1.82, 2.24) is 0 Å². The van der Waals surface area contributed by atoms with E-state index < -0.39 is 86.1 Å². The number of benzene rings is 1. The van der Waals surface area contributed by atoms with Crippen LogP contribution in [0.5, 0.6) is 5.75 Å². The number of rotatable bonds is 8. The number of carbonyl (C=O) groups excluding carboxylic acids is 2. The molecule has 0 fully saturated rings. The molecule has 1 aliphatic rings. The van der Waals surface area contributed by atoms with Gasteiger partial charge < -0.3 is 23.8 Å². The fourth-order valence-corrected chi connectivity index (χ4v) is 3.62. The van der Waals surface area contributed by atoms with Crippen LogP contribution in [0.3, 0.4) is 0 Å². The molecule has 0 bridgehead atoms. The third kappa shape index (κ3) is 7.99. The number of ether oxygens (including phenoxy) is 4. The number of fused-ring (bicyclic) bond motifs is 1. The van der Waals surface area contributed by atoms with Gasteiger partial charge in [0.1, 0.15) is 23.4 Å². The molecule has 10 nitrogen and oxygen atoms in total. The van der Waals surface area contributed by atoms with E-state index in [1.54, 1.807) is 0 Å². The van der Waals surface area contributed by atoms with Gasteiger partial charge in [0.25, 0.3) is 5.09 Å². The number of carbonyl (C=O) groups is 2. The Morgan fingerprint density at radius 1 is 1.14 bits per heavy atom. The minimum atomic E-state index is -10.3. The van der Waals surface area contributed by atoms with E-state index in [1.165, 1.54) is 0 Å². The maximum absolute atomic E-state index is 13.5. The number of alkyl halides is 3. The van der Waals surface area contributed by atoms with Crippen molar-refractivity contribution in [3.05, 3.63) is 38.9 Å². The number of halogens is 8. The zero-order chi connectivity index (χ0) is 28.6. The van der Waals surface area contributed by atoms with Gasteiger partial charge in [-0.1, -0.05) is 19.4 Å². The van der Waals surface area contributed by atoms with Crippen LogP contribution in [-0.2, 0) is 23.8 Å². The molecule has 1 aromatic rings. The zero-order valence-corrected chi connectivity index (χ0v) is 19.5. The summed E-state index contributed by atoms with van der Waals surface area (Å²) < 4.78 is 125. The summed E-state index contributed by atoms with van der Waals surface area (Å²) in [6.07, 6.45) is -12.9. The molecule has 19 heteroatoms. The van der Waals surface area contributed by atoms with Crippen molar-refractivity contribution in [2.24, 2.45) is 0 Å². The van der Waals surface area contributed by atoms with Gasteiger partial charge >= 0.3 is 28.5 Å². The molecule has 2 rings (SSSR count). The minimum absolute atomic E-state index is 0.0793. The van der Waals surface area contributed by atoms with Crippen molar-refractivity contribution in [3.8, 4) is 5.75 Å². The fourth-order valence-electron chi connectivity index (χ4n) is 2.87. The predicted molar refractivity (Wildman–Crippen MR) is 107 cm³/mol. The number of esters is 1. The Labute approximate surface area is 201 Å². The van der Waals surface area contributed by atoms with Crippen LogP contribution in [0.2, 0.25) is 0 Å². The lowest BCUT2D eigenvalue weighted by atomic mass is 9.99. The molecule has 0 aliphatic carbocycles. The van der Waals surface area contributed by atoms with Crippen LogP contribution in [0, 0.1) is 17.0 Å². The molecule has 37 heavy (non-hydrogen) atoms. The Morgan fingerprint density at radius 3 is 2.24 bits per heavy atom. The molecule has 0 radical (unpaired) electrons. The SMILES string of the molecule is Cc1cc(S(F)(F)(F)(F)F)cc2c1O[C@H](C(F)(F)F)C(C(=O)OC(C)OC(=O)OCC(C)O[N+](=O)[O-])=C2. The average Bonchev–Trinajstić information content (AvgIpc) is 2.68. The van der Waals surface area contributed by atoms with Crippen LogP contribution in [0.15, 0.2) is 22.6 Å². The maximum atomic E-state index is 13.5. The Balaban J connectivity index is 2.29. The van der Waals surface area contributed by atoms with Crippen LogP contribution < -0.4 is 4.74 Å². The largest absolute Gasteiger partial charge is 0.511 e. The molecule has 0 spiro atoms. The van der Waals surface area contributed by atoms with Gasteiger partial charge in [-0.15, -0.1) is 10.1 Å². The summed E-state index contributed by atoms with van der Waals surface area (Å²) in [4.78, 5) is 35.7. The summed E-state index contributed by atoms with van der Waals surface area (Å²) in [5.74, 6) is -2.71. The van der Waals surface area contributed by atoms with Crippen molar-refractivity contribution in [1.29, 1.82) is 0 Å². The molecular formula is C18H17F8NO9S. The molecule has 210 valence electrons. The molecule has 0 N–H and O–H groups in total. The highest BCUT2D eigenvalue weighted by molar-refractivity contribution is 8.45. The van der Waals surface area contributed by atoms with Gasteiger partial charge in [0.05, 0.1) is 5.57 Å². The van der Waals surface area contributed by atoms with Crippen molar-refractivity contribution in [3.63, 3.8) is 0 Å². The van der Waals surface area contributed by atoms with Crippen molar-refractivity contribution in [2.45, 2.75) is 50.3 Å². The third-order valence-electron chi connectivity index (χ3n) is 4.32. The molecule has 1 aliphatic heterocycles. The molecule has 1 heterocycles. The van der Waals surface area contributed by atoms with Crippen molar-refractivity contribution in [2.75, 3.05) is 6.61 Å². The second-order valence-corrected chi connectivity index (χ2v) is 9.97. The summed E-state index contributed by atoms with van der Waals surface area (Å²) in [7, 11) is -10.3. The molecule has 0 amide bonds. The summed E-state index contributed by atoms with van der Waals surface area (Å²) in [5, 5.41) is 8.98. The standard InChI is InChI=1S/C18H17F8NO9S/c1-8-4-12(37(22,23,24,25)26)5-11-6-13(15(18(19,20)21)35-14(8)11)16(28)33-10(3)34-17(29)32-7-9(2)36-27(30)31/h4-6,9-10,15H,7H2,1-3H3/t9?,10?,15-/m0/s1. The summed E-state index contributed by atoms with van der Waals surface area (Å²) >= 11 is 0. The molecule has 2 unspecified atom stereocenters. The number of nitrogens with zero attached hydrogens (tertiary/aromatic N) is 1. The molecular weight excluding hydrogens is 558 g/mol. The number of hydrogen-bond donors (Lipinski definition) is 0. The van der Waals surface area contributed by atoms with Crippen LogP contribution in [0.4, 0.5) is 37.4 Å². The zero-order valence-electron chi connectivity index (χ0n) is 18.7. The molecule has 1 aromatic carbocycles. The monoisotopic (exact) mass is 575 g/mol. The first-order valence-corrected chi connectivity index (χ1v) is 11.6. The predicted octanol–water partition coefficient (Wildman–Crippen LogP) is 6.00. The summed E-state index contributed by atoms with van der Waals surface area (Å²) in [5.41, 5.74) is -3.06. The topological polar surface area (TPSA) is 123 Å². The summed E-state index contributed by atoms with van der Waals surface area (Å²) in [6.45, 7) is 2.07. The van der Waals surface area contributed by atoms with E-state index in [0.717, 1.165) is 20.8 Å². The molecule has 0 saturated heterocycles. The highest BCUT2D eigenvalue weighted by Gasteiger charge is 2.65. The van der Waals surface area contributed by atoms with E-state index in [0.29, 0.717) is 0 Å². The van der Waals surface area contributed by atoms with Crippen LogP contribution in [0.25, 0.3) is 6.08 Å². The van der Waals surface area contributed by atoms with Crippen LogP contribution >= 0.6 is 10.2 Å². The Kier molecular flexibility index (Phi) is 7.31. The Bertz CT molecular complexity index is 1140. The van der Waals surface area contributed by atoms with Crippen molar-refractivity contribution < 1.29 is 71.1 Å². The lowest BCUT2D eigenvalue weighted by molar-refractivity contribution is -0.767. The Morgan fingerprint density at radius 2 is 1.73 bits per heavy atom. The highest BCUT2D eigenvalue weighted by Crippen LogP contribution is 3.02. The van der Waals surface area contributed by atoms with Gasteiger partial charge in [-0.3, -0.25) is 0 Å². The lowest BCUT2D eigenvalue weighted by Crippen LogP contribution is -2.41. The highest BCUT2D eigenvalue weighted by atomic mass is 32.5. The van der Waals surface area contributed by atoms with Gasteiger partial charge in [0.2, 0.25) is 12.4 Å². The van der Waals surface area contributed by atoms with E-state index in [1.807, 2.05) is 0 Å². The first kappa shape index (κ1) is 29.7. The second-order valence-electron chi connectivity index (χ2n) is 7.56. The molecule has 0 aromatic heterocycles. The normalized spacial score (nSPS) is 19.0. The van der Waals surface area contributed by atoms with E-state index in [9.17, 15) is 52.3 Å². The van der Waals surface area contributed by atoms with Gasteiger partial charge in [-0.2, -0.15) is 13.2 Å². The molecule has 3 atom stereocenters. The molecule has 0 saturated carbocycles. The van der Waals surface area contributed by atoms with E-state index in [2.05, 4.69) is 23.8 Å². The second kappa shape index (κ2) is 9.10. The Hall–Kier alpha value is -3.51. The third-order valence-corrected chi connectivity index (χ3v) is 5.45. The number of aryl methyl sites for hydroxylation is 1. The average molecular weight is 575 g/mol. The van der Waals surface area contributed by atoms with E-state index in [-0.39, 0.29) is 18.2 Å².